The van der Waals surface area contributed by atoms with E-state index in [0.29, 0.717) is 31.1 Å². The standard InChI is InChI=1S/C14H26F3N3/c1-11(2)13(9-18-12-3-4-12)20-7-5-19(6-8-20)10-14(15,16)17/h11-13,18H,3-10H2,1-2H3. The molecule has 6 heteroatoms. The average Bonchev–Trinajstić information content (AvgIpc) is 3.13. The molecule has 1 aliphatic heterocycles. The lowest BCUT2D eigenvalue weighted by Crippen LogP contribution is -2.55. The molecular weight excluding hydrogens is 267 g/mol. The van der Waals surface area contributed by atoms with Gasteiger partial charge in [-0.1, -0.05) is 13.8 Å². The van der Waals surface area contributed by atoms with Crippen molar-refractivity contribution in [2.24, 2.45) is 5.92 Å². The highest BCUT2D eigenvalue weighted by Gasteiger charge is 2.34. The lowest BCUT2D eigenvalue weighted by Gasteiger charge is -2.41. The third-order valence-corrected chi connectivity index (χ3v) is 4.24. The van der Waals surface area contributed by atoms with Crippen LogP contribution < -0.4 is 5.32 Å². The second-order valence-corrected chi connectivity index (χ2v) is 6.42. The number of halogens is 3. The van der Waals surface area contributed by atoms with Gasteiger partial charge in [0.15, 0.2) is 0 Å². The quantitative estimate of drug-likeness (QED) is 0.807. The molecule has 20 heavy (non-hydrogen) atoms. The minimum atomic E-state index is -4.08. The molecule has 3 nitrogen and oxygen atoms in total. The topological polar surface area (TPSA) is 18.5 Å². The summed E-state index contributed by atoms with van der Waals surface area (Å²) in [5.74, 6) is 0.524. The first-order chi connectivity index (χ1) is 9.35. The smallest absolute Gasteiger partial charge is 0.312 e. The number of nitrogens with one attached hydrogen (secondary N) is 1. The Morgan fingerprint density at radius 2 is 1.70 bits per heavy atom. The van der Waals surface area contributed by atoms with Gasteiger partial charge in [0.05, 0.1) is 6.54 Å². The second kappa shape index (κ2) is 6.62. The van der Waals surface area contributed by atoms with E-state index in [1.54, 1.807) is 0 Å². The molecule has 0 aromatic carbocycles. The SMILES string of the molecule is CC(C)C(CNC1CC1)N1CCN(CC(F)(F)F)CC1. The Labute approximate surface area is 119 Å². The molecular formula is C14H26F3N3. The van der Waals surface area contributed by atoms with E-state index < -0.39 is 12.7 Å². The van der Waals surface area contributed by atoms with Crippen LogP contribution in [-0.2, 0) is 0 Å². The highest BCUT2D eigenvalue weighted by atomic mass is 19.4. The first-order valence-corrected chi connectivity index (χ1v) is 7.61. The van der Waals surface area contributed by atoms with Crippen LogP contribution in [-0.4, -0.2) is 67.3 Å². The fourth-order valence-corrected chi connectivity index (χ4v) is 2.87. The van der Waals surface area contributed by atoms with Gasteiger partial charge in [0.25, 0.3) is 0 Å². The molecule has 0 spiro atoms. The lowest BCUT2D eigenvalue weighted by atomic mass is 10.0. The van der Waals surface area contributed by atoms with Gasteiger partial charge in [-0.25, -0.2) is 0 Å². The molecule has 0 amide bonds. The normalized spacial score (nSPS) is 24.3. The highest BCUT2D eigenvalue weighted by molar-refractivity contribution is 4.87. The maximum Gasteiger partial charge on any atom is 0.401 e. The van der Waals surface area contributed by atoms with Crippen LogP contribution >= 0.6 is 0 Å². The summed E-state index contributed by atoms with van der Waals surface area (Å²) in [4.78, 5) is 3.87. The molecule has 0 aromatic heterocycles. The van der Waals surface area contributed by atoms with E-state index in [1.807, 2.05) is 0 Å². The van der Waals surface area contributed by atoms with Crippen molar-refractivity contribution in [1.82, 2.24) is 15.1 Å². The van der Waals surface area contributed by atoms with Gasteiger partial charge < -0.3 is 5.32 Å². The number of nitrogens with zero attached hydrogens (tertiary/aromatic N) is 2. The van der Waals surface area contributed by atoms with E-state index in [4.69, 9.17) is 0 Å². The van der Waals surface area contributed by atoms with Crippen LogP contribution in [0, 0.1) is 5.92 Å². The van der Waals surface area contributed by atoms with Gasteiger partial charge in [0, 0.05) is 44.8 Å². The molecule has 118 valence electrons. The van der Waals surface area contributed by atoms with Gasteiger partial charge in [-0.15, -0.1) is 0 Å². The predicted octanol–water partition coefficient (Wildman–Crippen LogP) is 1.94. The fraction of sp³-hybridized carbons (Fsp3) is 1.00. The zero-order valence-corrected chi connectivity index (χ0v) is 12.4. The van der Waals surface area contributed by atoms with Crippen LogP contribution in [0.3, 0.4) is 0 Å². The molecule has 1 heterocycles. The van der Waals surface area contributed by atoms with Gasteiger partial charge >= 0.3 is 6.18 Å². The van der Waals surface area contributed by atoms with Crippen LogP contribution in [0.2, 0.25) is 0 Å². The van der Waals surface area contributed by atoms with Crippen LogP contribution in [0.15, 0.2) is 0 Å². The first-order valence-electron chi connectivity index (χ1n) is 7.61. The summed E-state index contributed by atoms with van der Waals surface area (Å²) >= 11 is 0. The Hall–Kier alpha value is -0.330. The largest absolute Gasteiger partial charge is 0.401 e. The maximum atomic E-state index is 12.4. The molecule has 2 fully saturated rings. The summed E-state index contributed by atoms with van der Waals surface area (Å²) < 4.78 is 37.1. The summed E-state index contributed by atoms with van der Waals surface area (Å²) in [5, 5.41) is 3.55. The van der Waals surface area contributed by atoms with Crippen LogP contribution in [0.4, 0.5) is 13.2 Å². The van der Waals surface area contributed by atoms with Crippen LogP contribution in [0.25, 0.3) is 0 Å². The highest BCUT2D eigenvalue weighted by Crippen LogP contribution is 2.21. The van der Waals surface area contributed by atoms with Crippen molar-refractivity contribution in [3.05, 3.63) is 0 Å². The van der Waals surface area contributed by atoms with Crippen molar-refractivity contribution >= 4 is 0 Å². The van der Waals surface area contributed by atoms with E-state index in [9.17, 15) is 13.2 Å². The Morgan fingerprint density at radius 3 is 2.15 bits per heavy atom. The second-order valence-electron chi connectivity index (χ2n) is 6.42. The average molecular weight is 293 g/mol. The van der Waals surface area contributed by atoms with E-state index in [2.05, 4.69) is 24.1 Å². The molecule has 1 N–H and O–H groups in total. The predicted molar refractivity (Wildman–Crippen MR) is 73.7 cm³/mol. The van der Waals surface area contributed by atoms with Gasteiger partial charge in [-0.2, -0.15) is 13.2 Å². The van der Waals surface area contributed by atoms with Crippen molar-refractivity contribution in [2.75, 3.05) is 39.3 Å². The summed E-state index contributed by atoms with van der Waals surface area (Å²) in [6.45, 7) is 7.10. The number of hydrogen-bond acceptors (Lipinski definition) is 3. The summed E-state index contributed by atoms with van der Waals surface area (Å²) in [7, 11) is 0. The minimum absolute atomic E-state index is 0.434. The van der Waals surface area contributed by atoms with Crippen molar-refractivity contribution in [2.45, 2.75) is 44.9 Å². The number of rotatable bonds is 6. The molecule has 1 saturated heterocycles. The summed E-state index contributed by atoms with van der Waals surface area (Å²) in [5.41, 5.74) is 0. The molecule has 0 radical (unpaired) electrons. The van der Waals surface area contributed by atoms with Crippen LogP contribution in [0.1, 0.15) is 26.7 Å². The van der Waals surface area contributed by atoms with E-state index in [-0.39, 0.29) is 0 Å². The Balaban J connectivity index is 1.77. The Morgan fingerprint density at radius 1 is 1.10 bits per heavy atom. The van der Waals surface area contributed by atoms with Crippen molar-refractivity contribution in [3.8, 4) is 0 Å². The molecule has 1 atom stereocenters. The first kappa shape index (κ1) is 16.0. The third kappa shape index (κ3) is 5.22. The molecule has 1 aliphatic carbocycles. The minimum Gasteiger partial charge on any atom is -0.312 e. The molecule has 1 saturated carbocycles. The number of hydrogen-bond donors (Lipinski definition) is 1. The molecule has 0 aromatic rings. The third-order valence-electron chi connectivity index (χ3n) is 4.24. The number of alkyl halides is 3. The van der Waals surface area contributed by atoms with Gasteiger partial charge in [-0.3, -0.25) is 9.80 Å². The molecule has 1 unspecified atom stereocenters. The lowest BCUT2D eigenvalue weighted by molar-refractivity contribution is -0.150. The van der Waals surface area contributed by atoms with Crippen molar-refractivity contribution in [3.63, 3.8) is 0 Å². The van der Waals surface area contributed by atoms with Gasteiger partial charge in [0.1, 0.15) is 0 Å². The molecule has 2 aliphatic rings. The maximum absolute atomic E-state index is 12.4. The zero-order valence-electron chi connectivity index (χ0n) is 12.4. The Kier molecular flexibility index (Phi) is 5.31. The van der Waals surface area contributed by atoms with Crippen molar-refractivity contribution in [1.29, 1.82) is 0 Å². The zero-order chi connectivity index (χ0) is 14.8. The van der Waals surface area contributed by atoms with Gasteiger partial charge in [-0.05, 0) is 18.8 Å². The van der Waals surface area contributed by atoms with Crippen LogP contribution in [0.5, 0.6) is 0 Å². The number of piperazine rings is 1. The molecule has 0 bridgehead atoms. The van der Waals surface area contributed by atoms with E-state index in [0.717, 1.165) is 19.6 Å². The summed E-state index contributed by atoms with van der Waals surface area (Å²) in [6.07, 6.45) is -1.54. The fourth-order valence-electron chi connectivity index (χ4n) is 2.87. The van der Waals surface area contributed by atoms with Gasteiger partial charge in [0.2, 0.25) is 0 Å². The summed E-state index contributed by atoms with van der Waals surface area (Å²) in [6, 6.07) is 1.12. The monoisotopic (exact) mass is 293 g/mol. The van der Waals surface area contributed by atoms with Crippen molar-refractivity contribution < 1.29 is 13.2 Å². The molecule has 2 rings (SSSR count). The van der Waals surface area contributed by atoms with E-state index in [1.165, 1.54) is 17.7 Å². The van der Waals surface area contributed by atoms with E-state index >= 15 is 0 Å². The Bertz CT molecular complexity index is 295.